The summed E-state index contributed by atoms with van der Waals surface area (Å²) in [6.45, 7) is 4.94. The smallest absolute Gasteiger partial charge is 0.239 e. The molecule has 3 nitrogen and oxygen atoms in total. The lowest BCUT2D eigenvalue weighted by Gasteiger charge is -2.21. The lowest BCUT2D eigenvalue weighted by atomic mass is 10.0. The minimum absolute atomic E-state index is 0.0627. The Balaban J connectivity index is 3.91. The highest BCUT2D eigenvalue weighted by Crippen LogP contribution is 2.05. The first-order valence-electron chi connectivity index (χ1n) is 4.98. The van der Waals surface area contributed by atoms with E-state index >= 15 is 0 Å². The minimum atomic E-state index is -0.332. The molecule has 84 valence electrons. The first kappa shape index (κ1) is 13.8. The van der Waals surface area contributed by atoms with Gasteiger partial charge in [0.25, 0.3) is 0 Å². The Labute approximate surface area is 91.4 Å². The number of nitrogens with two attached hydrogens (primary N) is 1. The number of hydrogen-bond acceptors (Lipinski definition) is 3. The van der Waals surface area contributed by atoms with Crippen molar-refractivity contribution in [3.8, 4) is 0 Å². The topological polar surface area (TPSA) is 46.3 Å². The summed E-state index contributed by atoms with van der Waals surface area (Å²) >= 11 is 1.74. The van der Waals surface area contributed by atoms with Gasteiger partial charge in [-0.25, -0.2) is 0 Å². The molecule has 0 aliphatic rings. The maximum absolute atomic E-state index is 11.7. The zero-order chi connectivity index (χ0) is 11.1. The third-order valence-corrected chi connectivity index (χ3v) is 2.64. The normalized spacial score (nSPS) is 13.0. The third-order valence-electron chi connectivity index (χ3n) is 2.05. The van der Waals surface area contributed by atoms with E-state index in [1.54, 1.807) is 16.7 Å². The molecule has 0 saturated carbocycles. The zero-order valence-corrected chi connectivity index (χ0v) is 10.4. The van der Waals surface area contributed by atoms with Gasteiger partial charge in [-0.15, -0.1) is 0 Å². The molecule has 1 atom stereocenters. The van der Waals surface area contributed by atoms with Gasteiger partial charge in [-0.3, -0.25) is 4.79 Å². The first-order valence-corrected chi connectivity index (χ1v) is 6.38. The molecule has 1 amide bonds. The summed E-state index contributed by atoms with van der Waals surface area (Å²) in [6, 6.07) is -0.332. The fourth-order valence-electron chi connectivity index (χ4n) is 1.23. The number of thioether (sulfide) groups is 1. The van der Waals surface area contributed by atoms with Crippen molar-refractivity contribution in [3.63, 3.8) is 0 Å². The molecule has 0 radical (unpaired) electrons. The summed E-state index contributed by atoms with van der Waals surface area (Å²) in [5.41, 5.74) is 5.79. The molecule has 0 unspecified atom stereocenters. The molecule has 0 bridgehead atoms. The van der Waals surface area contributed by atoms with Crippen LogP contribution < -0.4 is 5.73 Å². The maximum Gasteiger partial charge on any atom is 0.239 e. The fourth-order valence-corrected chi connectivity index (χ4v) is 1.69. The highest BCUT2D eigenvalue weighted by atomic mass is 32.2. The Hall–Kier alpha value is -0.220. The number of carbonyl (C=O) groups is 1. The van der Waals surface area contributed by atoms with Crippen molar-refractivity contribution in [2.75, 3.05) is 25.6 Å². The Morgan fingerprint density at radius 3 is 2.50 bits per heavy atom. The summed E-state index contributed by atoms with van der Waals surface area (Å²) < 4.78 is 0. The van der Waals surface area contributed by atoms with E-state index in [9.17, 15) is 4.79 Å². The van der Waals surface area contributed by atoms with E-state index in [1.807, 2.05) is 13.3 Å². The van der Waals surface area contributed by atoms with E-state index in [2.05, 4.69) is 13.8 Å². The van der Waals surface area contributed by atoms with E-state index in [4.69, 9.17) is 5.73 Å². The van der Waals surface area contributed by atoms with Crippen LogP contribution in [0.4, 0.5) is 0 Å². The molecule has 0 aromatic heterocycles. The Bertz CT molecular complexity index is 174. The second kappa shape index (κ2) is 7.12. The molecular weight excluding hydrogens is 196 g/mol. The van der Waals surface area contributed by atoms with Gasteiger partial charge in [0.1, 0.15) is 0 Å². The third kappa shape index (κ3) is 5.50. The molecule has 0 saturated heterocycles. The van der Waals surface area contributed by atoms with Crippen LogP contribution in [0.15, 0.2) is 0 Å². The number of hydrogen-bond donors (Lipinski definition) is 1. The van der Waals surface area contributed by atoms with Gasteiger partial charge in [-0.2, -0.15) is 11.8 Å². The number of likely N-dealkylation sites (N-methyl/N-ethyl adjacent to an activating group) is 1. The van der Waals surface area contributed by atoms with Crippen LogP contribution in [0.5, 0.6) is 0 Å². The molecule has 2 N–H and O–H groups in total. The van der Waals surface area contributed by atoms with Gasteiger partial charge in [-0.05, 0) is 18.6 Å². The van der Waals surface area contributed by atoms with E-state index < -0.39 is 0 Å². The van der Waals surface area contributed by atoms with Crippen LogP contribution in [0.3, 0.4) is 0 Å². The van der Waals surface area contributed by atoms with Gasteiger partial charge < -0.3 is 10.6 Å². The Morgan fingerprint density at radius 1 is 1.50 bits per heavy atom. The number of amides is 1. The van der Waals surface area contributed by atoms with E-state index in [1.165, 1.54) is 0 Å². The predicted octanol–water partition coefficient (Wildman–Crippen LogP) is 1.18. The Morgan fingerprint density at radius 2 is 2.07 bits per heavy atom. The molecule has 0 aliphatic carbocycles. The predicted molar refractivity (Wildman–Crippen MR) is 63.4 cm³/mol. The van der Waals surface area contributed by atoms with Gasteiger partial charge in [0, 0.05) is 19.3 Å². The van der Waals surface area contributed by atoms with Crippen molar-refractivity contribution in [1.82, 2.24) is 4.90 Å². The number of carbonyl (C=O) groups excluding carboxylic acids is 1. The van der Waals surface area contributed by atoms with Crippen molar-refractivity contribution in [1.29, 1.82) is 0 Å². The summed E-state index contributed by atoms with van der Waals surface area (Å²) in [5, 5.41) is 0. The van der Waals surface area contributed by atoms with Crippen LogP contribution in [0, 0.1) is 5.92 Å². The average Bonchev–Trinajstić information content (AvgIpc) is 2.11. The van der Waals surface area contributed by atoms with Gasteiger partial charge in [-0.1, -0.05) is 13.8 Å². The molecule has 4 heteroatoms. The molecule has 0 heterocycles. The van der Waals surface area contributed by atoms with Crippen molar-refractivity contribution in [2.24, 2.45) is 11.7 Å². The van der Waals surface area contributed by atoms with E-state index in [0.717, 1.165) is 18.7 Å². The quantitative estimate of drug-likeness (QED) is 0.728. The number of nitrogens with zero attached hydrogens (tertiary/aromatic N) is 1. The zero-order valence-electron chi connectivity index (χ0n) is 9.62. The van der Waals surface area contributed by atoms with Gasteiger partial charge in [0.15, 0.2) is 0 Å². The van der Waals surface area contributed by atoms with Crippen LogP contribution in [0.2, 0.25) is 0 Å². The van der Waals surface area contributed by atoms with Crippen LogP contribution in [0.25, 0.3) is 0 Å². The molecule has 0 aliphatic heterocycles. The summed E-state index contributed by atoms with van der Waals surface area (Å²) in [4.78, 5) is 13.4. The van der Waals surface area contributed by atoms with Gasteiger partial charge in [0.05, 0.1) is 6.04 Å². The van der Waals surface area contributed by atoms with Crippen molar-refractivity contribution in [2.45, 2.75) is 26.3 Å². The first-order chi connectivity index (χ1) is 6.49. The van der Waals surface area contributed by atoms with Crippen LogP contribution >= 0.6 is 11.8 Å². The largest absolute Gasteiger partial charge is 0.344 e. The standard InChI is InChI=1S/C10H22N2OS/c1-8(2)7-9(11)10(13)12(3)5-6-14-4/h8-9H,5-7,11H2,1-4H3/t9-/m1/s1. The second-order valence-corrected chi connectivity index (χ2v) is 4.97. The summed E-state index contributed by atoms with van der Waals surface area (Å²) in [7, 11) is 1.82. The monoisotopic (exact) mass is 218 g/mol. The molecule has 0 rings (SSSR count). The van der Waals surface area contributed by atoms with Crippen molar-refractivity contribution >= 4 is 17.7 Å². The van der Waals surface area contributed by atoms with Crippen molar-refractivity contribution < 1.29 is 4.79 Å². The summed E-state index contributed by atoms with van der Waals surface area (Å²) in [6.07, 6.45) is 2.80. The molecular formula is C10H22N2OS. The van der Waals surface area contributed by atoms with Crippen molar-refractivity contribution in [3.05, 3.63) is 0 Å². The van der Waals surface area contributed by atoms with Gasteiger partial charge >= 0.3 is 0 Å². The highest BCUT2D eigenvalue weighted by Gasteiger charge is 2.18. The molecule has 0 aromatic carbocycles. The van der Waals surface area contributed by atoms with Gasteiger partial charge in [0.2, 0.25) is 5.91 Å². The Kier molecular flexibility index (Phi) is 7.01. The lowest BCUT2D eigenvalue weighted by Crippen LogP contribution is -2.43. The molecule has 0 fully saturated rings. The fraction of sp³-hybridized carbons (Fsp3) is 0.900. The minimum Gasteiger partial charge on any atom is -0.344 e. The molecule has 14 heavy (non-hydrogen) atoms. The average molecular weight is 218 g/mol. The van der Waals surface area contributed by atoms with Crippen LogP contribution in [-0.2, 0) is 4.79 Å². The highest BCUT2D eigenvalue weighted by molar-refractivity contribution is 7.98. The summed E-state index contributed by atoms with van der Waals surface area (Å²) in [5.74, 6) is 1.51. The molecule has 0 spiro atoms. The number of rotatable bonds is 6. The van der Waals surface area contributed by atoms with E-state index in [0.29, 0.717) is 5.92 Å². The maximum atomic E-state index is 11.7. The second-order valence-electron chi connectivity index (χ2n) is 3.99. The SMILES string of the molecule is CSCCN(C)C(=O)[C@H](N)CC(C)C. The van der Waals surface area contributed by atoms with Crippen LogP contribution in [-0.4, -0.2) is 42.4 Å². The lowest BCUT2D eigenvalue weighted by molar-refractivity contribution is -0.131. The molecule has 0 aromatic rings. The van der Waals surface area contributed by atoms with E-state index in [-0.39, 0.29) is 11.9 Å². The van der Waals surface area contributed by atoms with Crippen LogP contribution in [0.1, 0.15) is 20.3 Å².